The van der Waals surface area contributed by atoms with Crippen LogP contribution in [-0.4, -0.2) is 0 Å². The van der Waals surface area contributed by atoms with E-state index in [0.717, 1.165) is 6.07 Å². The molecule has 2 aromatic carbocycles. The second-order valence-corrected chi connectivity index (χ2v) is 4.47. The molecule has 5 heteroatoms. The van der Waals surface area contributed by atoms with E-state index in [-0.39, 0.29) is 24.0 Å². The van der Waals surface area contributed by atoms with Gasteiger partial charge in [-0.3, -0.25) is 0 Å². The SMILES string of the molecule is C[C@H](N)c1ccc(F)cc1OCc1cccc(F)c1F. The maximum absolute atomic E-state index is 13.5. The molecule has 2 nitrogen and oxygen atoms in total. The highest BCUT2D eigenvalue weighted by molar-refractivity contribution is 5.36. The van der Waals surface area contributed by atoms with Crippen molar-refractivity contribution in [3.63, 3.8) is 0 Å². The second-order valence-electron chi connectivity index (χ2n) is 4.47. The minimum absolute atomic E-state index is 0.0601. The third-order valence-electron chi connectivity index (χ3n) is 2.88. The van der Waals surface area contributed by atoms with Crippen molar-refractivity contribution < 1.29 is 17.9 Å². The predicted molar refractivity (Wildman–Crippen MR) is 69.7 cm³/mol. The smallest absolute Gasteiger partial charge is 0.165 e. The summed E-state index contributed by atoms with van der Waals surface area (Å²) in [5, 5.41) is 0. The van der Waals surface area contributed by atoms with E-state index in [1.54, 1.807) is 6.92 Å². The standard InChI is InChI=1S/C15H14F3NO/c1-9(19)12-6-5-11(16)7-14(12)20-8-10-3-2-4-13(17)15(10)18/h2-7,9H,8,19H2,1H3/t9-/m0/s1. The Bertz CT molecular complexity index is 614. The van der Waals surface area contributed by atoms with Gasteiger partial charge < -0.3 is 10.5 Å². The molecule has 0 aliphatic rings. The Hall–Kier alpha value is -2.01. The average Bonchev–Trinajstić information content (AvgIpc) is 2.40. The summed E-state index contributed by atoms with van der Waals surface area (Å²) in [5.74, 6) is -2.17. The zero-order valence-corrected chi connectivity index (χ0v) is 10.9. The number of hydrogen-bond donors (Lipinski definition) is 1. The molecule has 106 valence electrons. The maximum Gasteiger partial charge on any atom is 0.165 e. The minimum Gasteiger partial charge on any atom is -0.488 e. The fourth-order valence-electron chi connectivity index (χ4n) is 1.82. The van der Waals surface area contributed by atoms with Gasteiger partial charge in [-0.15, -0.1) is 0 Å². The minimum atomic E-state index is -0.966. The van der Waals surface area contributed by atoms with Crippen molar-refractivity contribution in [2.24, 2.45) is 5.73 Å². The van der Waals surface area contributed by atoms with Crippen LogP contribution < -0.4 is 10.5 Å². The number of nitrogens with two attached hydrogens (primary N) is 1. The van der Waals surface area contributed by atoms with E-state index < -0.39 is 17.5 Å². The van der Waals surface area contributed by atoms with Gasteiger partial charge in [-0.1, -0.05) is 18.2 Å². The van der Waals surface area contributed by atoms with Crippen LogP contribution in [0, 0.1) is 17.5 Å². The number of hydrogen-bond acceptors (Lipinski definition) is 2. The van der Waals surface area contributed by atoms with Crippen molar-refractivity contribution in [1.29, 1.82) is 0 Å². The first kappa shape index (κ1) is 14.4. The molecule has 0 amide bonds. The van der Waals surface area contributed by atoms with Crippen LogP contribution in [0.25, 0.3) is 0 Å². The van der Waals surface area contributed by atoms with E-state index in [1.165, 1.54) is 30.3 Å². The first-order valence-electron chi connectivity index (χ1n) is 6.09. The van der Waals surface area contributed by atoms with Crippen LogP contribution in [0.3, 0.4) is 0 Å². The monoisotopic (exact) mass is 281 g/mol. The van der Waals surface area contributed by atoms with Crippen LogP contribution >= 0.6 is 0 Å². The van der Waals surface area contributed by atoms with Crippen molar-refractivity contribution in [3.05, 3.63) is 65.0 Å². The Balaban J connectivity index is 2.22. The summed E-state index contributed by atoms with van der Waals surface area (Å²) in [7, 11) is 0. The molecule has 0 aliphatic carbocycles. The maximum atomic E-state index is 13.5. The quantitative estimate of drug-likeness (QED) is 0.927. The number of ether oxygens (including phenoxy) is 1. The summed E-state index contributed by atoms with van der Waals surface area (Å²) in [4.78, 5) is 0. The van der Waals surface area contributed by atoms with Crippen LogP contribution in [0.5, 0.6) is 5.75 Å². The molecular weight excluding hydrogens is 267 g/mol. The van der Waals surface area contributed by atoms with Crippen LogP contribution in [-0.2, 0) is 6.61 Å². The molecular formula is C15H14F3NO. The van der Waals surface area contributed by atoms with Gasteiger partial charge in [0.25, 0.3) is 0 Å². The van der Waals surface area contributed by atoms with Gasteiger partial charge in [0.1, 0.15) is 18.2 Å². The lowest BCUT2D eigenvalue weighted by molar-refractivity contribution is 0.291. The molecule has 0 aliphatic heterocycles. The number of benzene rings is 2. The van der Waals surface area contributed by atoms with Crippen LogP contribution in [0.15, 0.2) is 36.4 Å². The molecule has 0 radical (unpaired) electrons. The van der Waals surface area contributed by atoms with Crippen LogP contribution in [0.2, 0.25) is 0 Å². The van der Waals surface area contributed by atoms with E-state index in [0.29, 0.717) is 5.56 Å². The molecule has 0 saturated carbocycles. The fraction of sp³-hybridized carbons (Fsp3) is 0.200. The Morgan fingerprint density at radius 1 is 1.15 bits per heavy atom. The highest BCUT2D eigenvalue weighted by atomic mass is 19.2. The van der Waals surface area contributed by atoms with Crippen molar-refractivity contribution in [2.75, 3.05) is 0 Å². The molecule has 20 heavy (non-hydrogen) atoms. The Morgan fingerprint density at radius 3 is 2.60 bits per heavy atom. The van der Waals surface area contributed by atoms with E-state index in [2.05, 4.69) is 0 Å². The molecule has 0 fully saturated rings. The van der Waals surface area contributed by atoms with Gasteiger partial charge in [-0.05, 0) is 19.1 Å². The second kappa shape index (κ2) is 5.96. The summed E-state index contributed by atoms with van der Waals surface area (Å²) >= 11 is 0. The van der Waals surface area contributed by atoms with Gasteiger partial charge in [-0.2, -0.15) is 0 Å². The number of rotatable bonds is 4. The van der Waals surface area contributed by atoms with Crippen molar-refractivity contribution in [2.45, 2.75) is 19.6 Å². The highest BCUT2D eigenvalue weighted by Gasteiger charge is 2.12. The third-order valence-corrected chi connectivity index (χ3v) is 2.88. The fourth-order valence-corrected chi connectivity index (χ4v) is 1.82. The Morgan fingerprint density at radius 2 is 1.90 bits per heavy atom. The predicted octanol–water partition coefficient (Wildman–Crippen LogP) is 3.70. The number of halogens is 3. The largest absolute Gasteiger partial charge is 0.488 e. The van der Waals surface area contributed by atoms with E-state index in [9.17, 15) is 13.2 Å². The zero-order chi connectivity index (χ0) is 14.7. The van der Waals surface area contributed by atoms with Crippen molar-refractivity contribution in [3.8, 4) is 5.75 Å². The lowest BCUT2D eigenvalue weighted by Crippen LogP contribution is -2.09. The summed E-state index contributed by atoms with van der Waals surface area (Å²) in [5.41, 5.74) is 6.41. The normalized spacial score (nSPS) is 12.2. The van der Waals surface area contributed by atoms with Gasteiger partial charge >= 0.3 is 0 Å². The molecule has 0 heterocycles. The Labute approximate surface area is 115 Å². The summed E-state index contributed by atoms with van der Waals surface area (Å²) in [6, 6.07) is 7.41. The molecule has 0 unspecified atom stereocenters. The molecule has 0 aromatic heterocycles. The topological polar surface area (TPSA) is 35.2 Å². The Kier molecular flexibility index (Phi) is 4.29. The van der Waals surface area contributed by atoms with Crippen molar-refractivity contribution in [1.82, 2.24) is 0 Å². The molecule has 0 saturated heterocycles. The van der Waals surface area contributed by atoms with Crippen LogP contribution in [0.4, 0.5) is 13.2 Å². The van der Waals surface area contributed by atoms with Gasteiger partial charge in [0, 0.05) is 23.2 Å². The lowest BCUT2D eigenvalue weighted by Gasteiger charge is -2.14. The highest BCUT2D eigenvalue weighted by Crippen LogP contribution is 2.26. The van der Waals surface area contributed by atoms with Gasteiger partial charge in [0.05, 0.1) is 0 Å². The summed E-state index contributed by atoms with van der Waals surface area (Å²) in [6.45, 7) is 1.52. The van der Waals surface area contributed by atoms with Gasteiger partial charge in [-0.25, -0.2) is 13.2 Å². The first-order valence-corrected chi connectivity index (χ1v) is 6.09. The third kappa shape index (κ3) is 3.11. The average molecular weight is 281 g/mol. The molecule has 2 N–H and O–H groups in total. The molecule has 2 aromatic rings. The zero-order valence-electron chi connectivity index (χ0n) is 10.9. The van der Waals surface area contributed by atoms with E-state index in [1.807, 2.05) is 0 Å². The lowest BCUT2D eigenvalue weighted by atomic mass is 10.1. The molecule has 1 atom stereocenters. The van der Waals surface area contributed by atoms with Gasteiger partial charge in [0.2, 0.25) is 0 Å². The van der Waals surface area contributed by atoms with E-state index >= 15 is 0 Å². The van der Waals surface area contributed by atoms with Gasteiger partial charge in [0.15, 0.2) is 11.6 Å². The molecule has 0 spiro atoms. The summed E-state index contributed by atoms with van der Waals surface area (Å²) in [6.07, 6.45) is 0. The van der Waals surface area contributed by atoms with Crippen LogP contribution in [0.1, 0.15) is 24.1 Å². The van der Waals surface area contributed by atoms with E-state index in [4.69, 9.17) is 10.5 Å². The summed E-state index contributed by atoms with van der Waals surface area (Å²) < 4.78 is 45.2. The molecule has 2 rings (SSSR count). The molecule has 0 bridgehead atoms. The van der Waals surface area contributed by atoms with Crippen molar-refractivity contribution >= 4 is 0 Å². The first-order chi connectivity index (χ1) is 9.49.